The monoisotopic (exact) mass is 264 g/mol. The molecule has 104 valence electrons. The molecule has 5 nitrogen and oxygen atoms in total. The molecule has 0 aromatic carbocycles. The second-order valence-electron chi connectivity index (χ2n) is 4.79. The van der Waals surface area contributed by atoms with Crippen molar-refractivity contribution in [1.29, 1.82) is 0 Å². The Hall–Kier alpha value is -1.62. The van der Waals surface area contributed by atoms with Gasteiger partial charge in [-0.2, -0.15) is 0 Å². The predicted octanol–water partition coefficient (Wildman–Crippen LogP) is 2.54. The van der Waals surface area contributed by atoms with Crippen LogP contribution in [0.2, 0.25) is 0 Å². The van der Waals surface area contributed by atoms with Gasteiger partial charge in [0.2, 0.25) is 0 Å². The first-order chi connectivity index (χ1) is 9.25. The molecule has 0 atom stereocenters. The summed E-state index contributed by atoms with van der Waals surface area (Å²) in [5.41, 5.74) is 0.198. The number of nitrogens with one attached hydrogen (secondary N) is 1. The molecular weight excluding hydrogens is 244 g/mol. The zero-order valence-electron chi connectivity index (χ0n) is 11.0. The molecule has 0 spiro atoms. The number of rotatable bonds is 6. The van der Waals surface area contributed by atoms with Crippen molar-refractivity contribution in [3.05, 3.63) is 23.9 Å². The average Bonchev–Trinajstić information content (AvgIpc) is 2.45. The quantitative estimate of drug-likeness (QED) is 0.773. The van der Waals surface area contributed by atoms with Gasteiger partial charge in [0.15, 0.2) is 0 Å². The topological polar surface area (TPSA) is 71.5 Å². The van der Waals surface area contributed by atoms with E-state index in [1.54, 1.807) is 12.1 Å². The van der Waals surface area contributed by atoms with Crippen LogP contribution >= 0.6 is 0 Å². The van der Waals surface area contributed by atoms with Gasteiger partial charge in [0, 0.05) is 12.7 Å². The van der Waals surface area contributed by atoms with Gasteiger partial charge in [-0.15, -0.1) is 0 Å². The summed E-state index contributed by atoms with van der Waals surface area (Å²) < 4.78 is 5.78. The van der Waals surface area contributed by atoms with Crippen LogP contribution in [0, 0.1) is 0 Å². The van der Waals surface area contributed by atoms with Crippen molar-refractivity contribution in [3.8, 4) is 0 Å². The number of pyridine rings is 1. The Morgan fingerprint density at radius 2 is 2.16 bits per heavy atom. The Morgan fingerprint density at radius 3 is 2.79 bits per heavy atom. The van der Waals surface area contributed by atoms with Gasteiger partial charge in [-0.05, 0) is 25.0 Å². The van der Waals surface area contributed by atoms with Crippen molar-refractivity contribution in [2.75, 3.05) is 18.5 Å². The van der Waals surface area contributed by atoms with Crippen molar-refractivity contribution in [3.63, 3.8) is 0 Å². The van der Waals surface area contributed by atoms with E-state index in [1.807, 2.05) is 0 Å². The van der Waals surface area contributed by atoms with Crippen molar-refractivity contribution in [1.82, 2.24) is 4.98 Å². The average molecular weight is 264 g/mol. The predicted molar refractivity (Wildman–Crippen MR) is 72.5 cm³/mol. The van der Waals surface area contributed by atoms with Gasteiger partial charge in [-0.3, -0.25) is 0 Å². The summed E-state index contributed by atoms with van der Waals surface area (Å²) in [6.07, 6.45) is 7.99. The van der Waals surface area contributed by atoms with Crippen LogP contribution in [-0.4, -0.2) is 35.3 Å². The lowest BCUT2D eigenvalue weighted by Gasteiger charge is -2.22. The molecule has 0 aliphatic heterocycles. The third kappa shape index (κ3) is 4.52. The van der Waals surface area contributed by atoms with Crippen LogP contribution in [0.15, 0.2) is 18.3 Å². The molecule has 1 aromatic rings. The molecule has 0 bridgehead atoms. The van der Waals surface area contributed by atoms with Crippen LogP contribution in [0.5, 0.6) is 0 Å². The molecule has 19 heavy (non-hydrogen) atoms. The van der Waals surface area contributed by atoms with Gasteiger partial charge < -0.3 is 15.2 Å². The standard InChI is InChI=1S/C14H20N2O3/c17-14(18)11-6-7-13(16-10-11)15-8-9-19-12-4-2-1-3-5-12/h6-7,10,12H,1-5,8-9H2,(H,15,16)(H,17,18). The summed E-state index contributed by atoms with van der Waals surface area (Å²) in [7, 11) is 0. The van der Waals surface area contributed by atoms with E-state index in [4.69, 9.17) is 9.84 Å². The fraction of sp³-hybridized carbons (Fsp3) is 0.571. The van der Waals surface area contributed by atoms with E-state index in [0.717, 1.165) is 0 Å². The molecule has 1 aromatic heterocycles. The van der Waals surface area contributed by atoms with Crippen molar-refractivity contribution in [2.45, 2.75) is 38.2 Å². The Bertz CT molecular complexity index is 400. The van der Waals surface area contributed by atoms with Crippen molar-refractivity contribution in [2.24, 2.45) is 0 Å². The van der Waals surface area contributed by atoms with Gasteiger partial charge in [0.05, 0.1) is 18.3 Å². The molecule has 1 fully saturated rings. The van der Waals surface area contributed by atoms with E-state index in [0.29, 0.717) is 25.1 Å². The first kappa shape index (κ1) is 13.8. The van der Waals surface area contributed by atoms with Gasteiger partial charge in [-0.1, -0.05) is 19.3 Å². The van der Waals surface area contributed by atoms with Gasteiger partial charge >= 0.3 is 5.97 Å². The van der Waals surface area contributed by atoms with Crippen LogP contribution in [-0.2, 0) is 4.74 Å². The van der Waals surface area contributed by atoms with E-state index < -0.39 is 5.97 Å². The molecule has 0 radical (unpaired) electrons. The normalized spacial score (nSPS) is 16.2. The number of hydrogen-bond donors (Lipinski definition) is 2. The summed E-state index contributed by atoms with van der Waals surface area (Å²) in [5.74, 6) is -0.281. The maximum Gasteiger partial charge on any atom is 0.337 e. The highest BCUT2D eigenvalue weighted by Crippen LogP contribution is 2.19. The maximum atomic E-state index is 10.7. The van der Waals surface area contributed by atoms with Crippen LogP contribution in [0.1, 0.15) is 42.5 Å². The van der Waals surface area contributed by atoms with Crippen molar-refractivity contribution >= 4 is 11.8 Å². The number of carbonyl (C=O) groups is 1. The molecule has 1 aliphatic carbocycles. The number of anilines is 1. The lowest BCUT2D eigenvalue weighted by atomic mass is 9.98. The molecule has 2 N–H and O–H groups in total. The number of aromatic nitrogens is 1. The molecule has 1 heterocycles. The Morgan fingerprint density at radius 1 is 1.37 bits per heavy atom. The van der Waals surface area contributed by atoms with Crippen LogP contribution in [0.3, 0.4) is 0 Å². The summed E-state index contributed by atoms with van der Waals surface area (Å²) in [6, 6.07) is 3.21. The molecular formula is C14H20N2O3. The minimum Gasteiger partial charge on any atom is -0.478 e. The first-order valence-corrected chi connectivity index (χ1v) is 6.80. The summed E-state index contributed by atoms with van der Waals surface area (Å²) in [5, 5.41) is 11.9. The largest absolute Gasteiger partial charge is 0.478 e. The number of hydrogen-bond acceptors (Lipinski definition) is 4. The summed E-state index contributed by atoms with van der Waals surface area (Å²) in [4.78, 5) is 14.7. The molecule has 0 amide bonds. The van der Waals surface area contributed by atoms with Crippen LogP contribution in [0.4, 0.5) is 5.82 Å². The van der Waals surface area contributed by atoms with Crippen molar-refractivity contribution < 1.29 is 14.6 Å². The van der Waals surface area contributed by atoms with E-state index in [9.17, 15) is 4.79 Å². The maximum absolute atomic E-state index is 10.7. The minimum atomic E-state index is -0.959. The second-order valence-corrected chi connectivity index (χ2v) is 4.79. The lowest BCUT2D eigenvalue weighted by molar-refractivity contribution is 0.0347. The minimum absolute atomic E-state index is 0.198. The molecule has 5 heteroatoms. The number of aromatic carboxylic acids is 1. The zero-order valence-corrected chi connectivity index (χ0v) is 11.0. The number of nitrogens with zero attached hydrogens (tertiary/aromatic N) is 1. The van der Waals surface area contributed by atoms with Crippen LogP contribution in [0.25, 0.3) is 0 Å². The van der Waals surface area contributed by atoms with E-state index in [1.165, 1.54) is 38.3 Å². The highest BCUT2D eigenvalue weighted by molar-refractivity contribution is 5.87. The third-order valence-electron chi connectivity index (χ3n) is 3.32. The highest BCUT2D eigenvalue weighted by atomic mass is 16.5. The lowest BCUT2D eigenvalue weighted by Crippen LogP contribution is -2.20. The van der Waals surface area contributed by atoms with E-state index in [-0.39, 0.29) is 5.56 Å². The van der Waals surface area contributed by atoms with Gasteiger partial charge in [0.1, 0.15) is 5.82 Å². The Kier molecular flexibility index (Phi) is 5.15. The highest BCUT2D eigenvalue weighted by Gasteiger charge is 2.12. The number of carboxylic acid groups (broad SMARTS) is 1. The Labute approximate surface area is 113 Å². The smallest absolute Gasteiger partial charge is 0.337 e. The molecule has 0 saturated heterocycles. The van der Waals surface area contributed by atoms with E-state index >= 15 is 0 Å². The van der Waals surface area contributed by atoms with Crippen LogP contribution < -0.4 is 5.32 Å². The molecule has 1 aliphatic rings. The number of ether oxygens (including phenoxy) is 1. The fourth-order valence-corrected chi connectivity index (χ4v) is 2.26. The molecule has 2 rings (SSSR count). The summed E-state index contributed by atoms with van der Waals surface area (Å²) in [6.45, 7) is 1.35. The van der Waals surface area contributed by atoms with E-state index in [2.05, 4.69) is 10.3 Å². The Balaban J connectivity index is 1.66. The third-order valence-corrected chi connectivity index (χ3v) is 3.32. The van der Waals surface area contributed by atoms with Gasteiger partial charge in [0.25, 0.3) is 0 Å². The van der Waals surface area contributed by atoms with Gasteiger partial charge in [-0.25, -0.2) is 9.78 Å². The number of carboxylic acids is 1. The SMILES string of the molecule is O=C(O)c1ccc(NCCOC2CCCCC2)nc1. The molecule has 0 unspecified atom stereocenters. The second kappa shape index (κ2) is 7.09. The fourth-order valence-electron chi connectivity index (χ4n) is 2.26. The zero-order chi connectivity index (χ0) is 13.5. The summed E-state index contributed by atoms with van der Waals surface area (Å²) >= 11 is 0. The first-order valence-electron chi connectivity index (χ1n) is 6.80. The molecule has 1 saturated carbocycles.